The van der Waals surface area contributed by atoms with E-state index in [1.54, 1.807) is 6.92 Å². The van der Waals surface area contributed by atoms with Gasteiger partial charge in [0.05, 0.1) is 12.0 Å². The summed E-state index contributed by atoms with van der Waals surface area (Å²) < 4.78 is 10.7. The second-order valence-electron chi connectivity index (χ2n) is 7.18. The first-order chi connectivity index (χ1) is 11.9. The van der Waals surface area contributed by atoms with Crippen LogP contribution in [0.2, 0.25) is 0 Å². The van der Waals surface area contributed by atoms with E-state index in [-0.39, 0.29) is 24.0 Å². The van der Waals surface area contributed by atoms with Gasteiger partial charge in [0.1, 0.15) is 17.8 Å². The highest BCUT2D eigenvalue weighted by Crippen LogP contribution is 2.37. The normalized spacial score (nSPS) is 37.3. The molecular formula is C19H24O7. The standard InChI is InChI=1S/C19H24O7/c1-9(2)17(22)26-14-8-19(5,24)15(21)7-12(20)10(3)6-13-16(14)11(4)18(23)25-13/h6,12-14,16,20,24H,1,4,7-8H2,2-3,5H3/b10-6-/t12?,13-,14?,16+,19-/m0/s1. The quantitative estimate of drug-likeness (QED) is 0.427. The molecule has 5 atom stereocenters. The number of ketones is 1. The van der Waals surface area contributed by atoms with Gasteiger partial charge in [-0.15, -0.1) is 0 Å². The predicted octanol–water partition coefficient (Wildman–Crippen LogP) is 0.993. The number of rotatable bonds is 2. The van der Waals surface area contributed by atoms with Gasteiger partial charge in [0.25, 0.3) is 0 Å². The molecule has 0 aromatic heterocycles. The Hall–Kier alpha value is -2.25. The maximum Gasteiger partial charge on any atom is 0.334 e. The van der Waals surface area contributed by atoms with Crippen molar-refractivity contribution in [2.24, 2.45) is 5.92 Å². The minimum Gasteiger partial charge on any atom is -0.458 e. The van der Waals surface area contributed by atoms with Crippen LogP contribution in [0.1, 0.15) is 33.6 Å². The van der Waals surface area contributed by atoms with E-state index in [0.29, 0.717) is 5.57 Å². The molecule has 2 rings (SSSR count). The van der Waals surface area contributed by atoms with Crippen molar-refractivity contribution in [3.8, 4) is 0 Å². The van der Waals surface area contributed by atoms with Crippen LogP contribution in [0.25, 0.3) is 0 Å². The zero-order valence-electron chi connectivity index (χ0n) is 15.2. The summed E-state index contributed by atoms with van der Waals surface area (Å²) in [6.45, 7) is 11.6. The van der Waals surface area contributed by atoms with E-state index in [0.717, 1.165) is 0 Å². The number of ether oxygens (including phenoxy) is 2. The second kappa shape index (κ2) is 7.17. The lowest BCUT2D eigenvalue weighted by molar-refractivity contribution is -0.156. The van der Waals surface area contributed by atoms with Crippen LogP contribution in [0.4, 0.5) is 0 Å². The molecule has 0 aromatic rings. The molecule has 1 fully saturated rings. The number of Topliss-reactive ketones (excluding diaryl/α,β-unsaturated/α-hetero) is 1. The molecule has 1 aliphatic carbocycles. The number of carbonyl (C=O) groups is 3. The molecule has 0 amide bonds. The third-order valence-corrected chi connectivity index (χ3v) is 4.80. The highest BCUT2D eigenvalue weighted by Gasteiger charge is 2.48. The lowest BCUT2D eigenvalue weighted by atomic mass is 9.79. The first-order valence-electron chi connectivity index (χ1n) is 8.32. The van der Waals surface area contributed by atoms with Crippen LogP contribution < -0.4 is 0 Å². The van der Waals surface area contributed by atoms with Gasteiger partial charge in [-0.25, -0.2) is 9.59 Å². The van der Waals surface area contributed by atoms with Crippen molar-refractivity contribution in [3.05, 3.63) is 36.0 Å². The molecule has 7 heteroatoms. The average molecular weight is 364 g/mol. The second-order valence-corrected chi connectivity index (χ2v) is 7.18. The third-order valence-electron chi connectivity index (χ3n) is 4.80. The van der Waals surface area contributed by atoms with Crippen molar-refractivity contribution in [2.45, 2.75) is 57.5 Å². The highest BCUT2D eigenvalue weighted by molar-refractivity contribution is 5.92. The maximum absolute atomic E-state index is 12.4. The van der Waals surface area contributed by atoms with Crippen molar-refractivity contribution in [3.63, 3.8) is 0 Å². The average Bonchev–Trinajstić information content (AvgIpc) is 2.79. The van der Waals surface area contributed by atoms with Gasteiger partial charge in [-0.3, -0.25) is 4.79 Å². The Balaban J connectivity index is 2.52. The largest absolute Gasteiger partial charge is 0.458 e. The molecule has 1 saturated heterocycles. The Labute approximate surface area is 152 Å². The summed E-state index contributed by atoms with van der Waals surface area (Å²) in [4.78, 5) is 36.5. The maximum atomic E-state index is 12.4. The Kier molecular flexibility index (Phi) is 5.53. The van der Waals surface area contributed by atoms with Crippen LogP contribution in [0.5, 0.6) is 0 Å². The summed E-state index contributed by atoms with van der Waals surface area (Å²) in [5.74, 6) is -2.74. The first-order valence-corrected chi connectivity index (χ1v) is 8.32. The third kappa shape index (κ3) is 3.94. The Morgan fingerprint density at radius 2 is 2.04 bits per heavy atom. The summed E-state index contributed by atoms with van der Waals surface area (Å²) in [5, 5.41) is 20.8. The molecule has 0 saturated carbocycles. The van der Waals surface area contributed by atoms with Gasteiger partial charge < -0.3 is 19.7 Å². The van der Waals surface area contributed by atoms with E-state index in [1.807, 2.05) is 0 Å². The Morgan fingerprint density at radius 1 is 1.42 bits per heavy atom. The van der Waals surface area contributed by atoms with E-state index >= 15 is 0 Å². The van der Waals surface area contributed by atoms with Gasteiger partial charge in [0, 0.05) is 24.0 Å². The molecule has 142 valence electrons. The fourth-order valence-corrected chi connectivity index (χ4v) is 3.09. The number of esters is 2. The van der Waals surface area contributed by atoms with Crippen LogP contribution >= 0.6 is 0 Å². The number of hydrogen-bond acceptors (Lipinski definition) is 7. The van der Waals surface area contributed by atoms with E-state index in [2.05, 4.69) is 13.2 Å². The topological polar surface area (TPSA) is 110 Å². The zero-order chi connectivity index (χ0) is 19.8. The minimum atomic E-state index is -1.87. The molecule has 0 aromatic carbocycles. The molecule has 0 spiro atoms. The molecule has 2 aliphatic rings. The molecule has 2 unspecified atom stereocenters. The fraction of sp³-hybridized carbons (Fsp3) is 0.526. The number of fused-ring (bicyclic) bond motifs is 1. The summed E-state index contributed by atoms with van der Waals surface area (Å²) in [6.07, 6.45) is -2.00. The summed E-state index contributed by atoms with van der Waals surface area (Å²) in [6, 6.07) is 0. The van der Waals surface area contributed by atoms with Crippen molar-refractivity contribution in [2.75, 3.05) is 0 Å². The monoisotopic (exact) mass is 364 g/mol. The predicted molar refractivity (Wildman–Crippen MR) is 91.8 cm³/mol. The molecule has 7 nitrogen and oxygen atoms in total. The van der Waals surface area contributed by atoms with Gasteiger partial charge in [-0.1, -0.05) is 13.2 Å². The summed E-state index contributed by atoms with van der Waals surface area (Å²) in [7, 11) is 0. The van der Waals surface area contributed by atoms with Gasteiger partial charge >= 0.3 is 11.9 Å². The fourth-order valence-electron chi connectivity index (χ4n) is 3.09. The molecular weight excluding hydrogens is 340 g/mol. The lowest BCUT2D eigenvalue weighted by Crippen LogP contribution is -2.46. The lowest BCUT2D eigenvalue weighted by Gasteiger charge is -2.33. The van der Waals surface area contributed by atoms with Crippen molar-refractivity contribution in [1.29, 1.82) is 0 Å². The van der Waals surface area contributed by atoms with Crippen molar-refractivity contribution in [1.82, 2.24) is 0 Å². The number of aliphatic hydroxyl groups is 2. The van der Waals surface area contributed by atoms with Gasteiger partial charge in [0.15, 0.2) is 5.78 Å². The van der Waals surface area contributed by atoms with Crippen LogP contribution in [0, 0.1) is 5.92 Å². The van der Waals surface area contributed by atoms with Crippen molar-refractivity contribution >= 4 is 17.7 Å². The van der Waals surface area contributed by atoms with Gasteiger partial charge in [-0.2, -0.15) is 0 Å². The molecule has 1 aliphatic heterocycles. The van der Waals surface area contributed by atoms with E-state index in [1.165, 1.54) is 19.9 Å². The zero-order valence-corrected chi connectivity index (χ0v) is 15.2. The Bertz CT molecular complexity index is 701. The summed E-state index contributed by atoms with van der Waals surface area (Å²) >= 11 is 0. The smallest absolute Gasteiger partial charge is 0.334 e. The first kappa shape index (κ1) is 20.1. The molecule has 2 N–H and O–H groups in total. The van der Waals surface area contributed by atoms with E-state index in [9.17, 15) is 24.6 Å². The SMILES string of the molecule is C=C(C)C(=O)OC1C[C@](C)(O)C(=O)CC(O)/C(C)=C\[C@@H]2OC(=O)C(=C)[C@@H]12. The number of aliphatic hydroxyl groups excluding tert-OH is 1. The molecule has 26 heavy (non-hydrogen) atoms. The molecule has 0 bridgehead atoms. The van der Waals surface area contributed by atoms with Crippen LogP contribution in [-0.4, -0.2) is 51.8 Å². The van der Waals surface area contributed by atoms with E-state index < -0.39 is 47.6 Å². The summed E-state index contributed by atoms with van der Waals surface area (Å²) in [5.41, 5.74) is -1.23. The van der Waals surface area contributed by atoms with Crippen LogP contribution in [-0.2, 0) is 23.9 Å². The van der Waals surface area contributed by atoms with Gasteiger partial charge in [0.2, 0.25) is 0 Å². The van der Waals surface area contributed by atoms with Crippen LogP contribution in [0.3, 0.4) is 0 Å². The number of carbonyl (C=O) groups excluding carboxylic acids is 3. The Morgan fingerprint density at radius 3 is 2.62 bits per heavy atom. The molecule has 1 heterocycles. The minimum absolute atomic E-state index is 0.0804. The molecule has 0 radical (unpaired) electrons. The van der Waals surface area contributed by atoms with Crippen LogP contribution in [0.15, 0.2) is 36.0 Å². The van der Waals surface area contributed by atoms with E-state index in [4.69, 9.17) is 9.47 Å². The highest BCUT2D eigenvalue weighted by atomic mass is 16.6. The van der Waals surface area contributed by atoms with Gasteiger partial charge in [-0.05, 0) is 32.4 Å². The number of hydrogen-bond donors (Lipinski definition) is 2. The van der Waals surface area contributed by atoms with Crippen molar-refractivity contribution < 1.29 is 34.1 Å².